The largest absolute Gasteiger partial charge is 0.416 e. The lowest BCUT2D eigenvalue weighted by Gasteiger charge is -2.37. The van der Waals surface area contributed by atoms with Crippen LogP contribution in [0.25, 0.3) is 0 Å². The maximum absolute atomic E-state index is 12.5. The molecule has 1 fully saturated rings. The number of carbonyl (C=O) groups is 1. The van der Waals surface area contributed by atoms with Crippen molar-refractivity contribution in [2.45, 2.75) is 45.7 Å². The van der Waals surface area contributed by atoms with Crippen LogP contribution in [-0.2, 0) is 6.18 Å². The summed E-state index contributed by atoms with van der Waals surface area (Å²) >= 11 is 0. The van der Waals surface area contributed by atoms with Gasteiger partial charge in [-0.15, -0.1) is 0 Å². The van der Waals surface area contributed by atoms with Crippen molar-refractivity contribution in [1.29, 1.82) is 0 Å². The van der Waals surface area contributed by atoms with E-state index in [2.05, 4.69) is 13.8 Å². The molecule has 1 aromatic rings. The van der Waals surface area contributed by atoms with Gasteiger partial charge in [0.2, 0.25) is 0 Å². The van der Waals surface area contributed by atoms with Crippen molar-refractivity contribution in [3.8, 4) is 0 Å². The summed E-state index contributed by atoms with van der Waals surface area (Å²) in [5.74, 6) is -0.114. The molecule has 110 valence electrons. The normalized spacial score (nSPS) is 22.6. The minimum atomic E-state index is -4.36. The van der Waals surface area contributed by atoms with Crippen LogP contribution in [0.4, 0.5) is 13.2 Å². The molecule has 1 atom stereocenters. The van der Waals surface area contributed by atoms with Crippen LogP contribution < -0.4 is 0 Å². The van der Waals surface area contributed by atoms with Crippen molar-refractivity contribution in [3.05, 3.63) is 35.4 Å². The molecular weight excluding hydrogens is 265 g/mol. The van der Waals surface area contributed by atoms with Gasteiger partial charge in [0.05, 0.1) is 5.56 Å². The van der Waals surface area contributed by atoms with Crippen molar-refractivity contribution in [3.63, 3.8) is 0 Å². The fourth-order valence-corrected chi connectivity index (χ4v) is 3.00. The van der Waals surface area contributed by atoms with Gasteiger partial charge in [-0.25, -0.2) is 0 Å². The molecule has 0 aliphatic heterocycles. The van der Waals surface area contributed by atoms with E-state index in [-0.39, 0.29) is 17.1 Å². The fraction of sp³-hybridized carbons (Fsp3) is 0.562. The van der Waals surface area contributed by atoms with Crippen molar-refractivity contribution in [1.82, 2.24) is 0 Å². The first-order chi connectivity index (χ1) is 9.22. The molecule has 1 aliphatic carbocycles. The summed E-state index contributed by atoms with van der Waals surface area (Å²) in [7, 11) is 0. The molecule has 0 heterocycles. The summed E-state index contributed by atoms with van der Waals surface area (Å²) in [6.07, 6.45) is -0.410. The molecule has 0 saturated heterocycles. The minimum absolute atomic E-state index is 0.0246. The lowest BCUT2D eigenvalue weighted by molar-refractivity contribution is -0.137. The van der Waals surface area contributed by atoms with Gasteiger partial charge in [-0.2, -0.15) is 13.2 Å². The van der Waals surface area contributed by atoms with E-state index < -0.39 is 11.7 Å². The monoisotopic (exact) mass is 284 g/mol. The summed E-state index contributed by atoms with van der Waals surface area (Å²) in [4.78, 5) is 12.5. The van der Waals surface area contributed by atoms with Crippen LogP contribution in [0.15, 0.2) is 24.3 Å². The minimum Gasteiger partial charge on any atom is -0.294 e. The predicted octanol–water partition coefficient (Wildman–Crippen LogP) is 5.10. The number of Topliss-reactive ketones (excluding diaryl/α,β-unsaturated/α-hetero) is 1. The fourth-order valence-electron chi connectivity index (χ4n) is 3.00. The van der Waals surface area contributed by atoms with Crippen LogP contribution in [0, 0.1) is 11.3 Å². The second kappa shape index (κ2) is 5.23. The highest BCUT2D eigenvalue weighted by molar-refractivity contribution is 5.98. The number of rotatable bonds is 2. The summed E-state index contributed by atoms with van der Waals surface area (Å²) in [5, 5.41) is 0. The van der Waals surface area contributed by atoms with Crippen LogP contribution in [0.5, 0.6) is 0 Å². The Labute approximate surface area is 117 Å². The third-order valence-electron chi connectivity index (χ3n) is 4.32. The van der Waals surface area contributed by atoms with E-state index in [0.717, 1.165) is 37.8 Å². The van der Waals surface area contributed by atoms with E-state index >= 15 is 0 Å². The van der Waals surface area contributed by atoms with Crippen LogP contribution in [0.2, 0.25) is 0 Å². The van der Waals surface area contributed by atoms with E-state index in [9.17, 15) is 18.0 Å². The second-order valence-electron chi connectivity index (χ2n) is 6.23. The SMILES string of the molecule is CC1(C)CCCCC1C(=O)c1ccc(C(F)(F)F)cc1. The summed E-state index contributed by atoms with van der Waals surface area (Å²) in [5.41, 5.74) is -0.396. The number of benzene rings is 1. The smallest absolute Gasteiger partial charge is 0.294 e. The number of halogens is 3. The van der Waals surface area contributed by atoms with Crippen LogP contribution >= 0.6 is 0 Å². The number of ketones is 1. The Hall–Kier alpha value is -1.32. The zero-order valence-corrected chi connectivity index (χ0v) is 11.8. The predicted molar refractivity (Wildman–Crippen MR) is 71.5 cm³/mol. The van der Waals surface area contributed by atoms with Crippen LogP contribution in [-0.4, -0.2) is 5.78 Å². The Bertz CT molecular complexity index is 485. The van der Waals surface area contributed by atoms with Gasteiger partial charge in [-0.3, -0.25) is 4.79 Å². The van der Waals surface area contributed by atoms with E-state index in [1.54, 1.807) is 0 Å². The summed E-state index contributed by atoms with van der Waals surface area (Å²) < 4.78 is 37.5. The van der Waals surface area contributed by atoms with Gasteiger partial charge in [0.15, 0.2) is 5.78 Å². The van der Waals surface area contributed by atoms with Crippen LogP contribution in [0.1, 0.15) is 55.5 Å². The van der Waals surface area contributed by atoms with Crippen LogP contribution in [0.3, 0.4) is 0 Å². The van der Waals surface area contributed by atoms with E-state index in [1.807, 2.05) is 0 Å². The highest BCUT2D eigenvalue weighted by Crippen LogP contribution is 2.42. The molecule has 2 rings (SSSR count). The molecule has 1 nitrogen and oxygen atoms in total. The number of hydrogen-bond donors (Lipinski definition) is 0. The molecule has 1 saturated carbocycles. The molecular formula is C16H19F3O. The first-order valence-corrected chi connectivity index (χ1v) is 6.93. The van der Waals surface area contributed by atoms with Gasteiger partial charge < -0.3 is 0 Å². The highest BCUT2D eigenvalue weighted by Gasteiger charge is 2.37. The van der Waals surface area contributed by atoms with E-state index in [1.165, 1.54) is 12.1 Å². The first kappa shape index (κ1) is 15.1. The lowest BCUT2D eigenvalue weighted by Crippen LogP contribution is -2.34. The van der Waals surface area contributed by atoms with Gasteiger partial charge >= 0.3 is 6.18 Å². The maximum Gasteiger partial charge on any atom is 0.416 e. The summed E-state index contributed by atoms with van der Waals surface area (Å²) in [6, 6.07) is 4.58. The topological polar surface area (TPSA) is 17.1 Å². The molecule has 0 amide bonds. The average Bonchev–Trinajstić information content (AvgIpc) is 2.36. The Morgan fingerprint density at radius 1 is 1.15 bits per heavy atom. The summed E-state index contributed by atoms with van der Waals surface area (Å²) in [6.45, 7) is 4.14. The van der Waals surface area contributed by atoms with E-state index in [4.69, 9.17) is 0 Å². The molecule has 1 unspecified atom stereocenters. The molecule has 0 spiro atoms. The molecule has 4 heteroatoms. The quantitative estimate of drug-likeness (QED) is 0.690. The average molecular weight is 284 g/mol. The number of carbonyl (C=O) groups excluding carboxylic acids is 1. The van der Waals surface area contributed by atoms with Crippen molar-refractivity contribution >= 4 is 5.78 Å². The van der Waals surface area contributed by atoms with Gasteiger partial charge in [0, 0.05) is 11.5 Å². The van der Waals surface area contributed by atoms with Crippen molar-refractivity contribution in [2.75, 3.05) is 0 Å². The first-order valence-electron chi connectivity index (χ1n) is 6.93. The van der Waals surface area contributed by atoms with Crippen molar-refractivity contribution < 1.29 is 18.0 Å². The molecule has 0 bridgehead atoms. The zero-order chi connectivity index (χ0) is 15.0. The van der Waals surface area contributed by atoms with E-state index in [0.29, 0.717) is 5.56 Å². The highest BCUT2D eigenvalue weighted by atomic mass is 19.4. The Balaban J connectivity index is 2.21. The van der Waals surface area contributed by atoms with Gasteiger partial charge in [0.1, 0.15) is 0 Å². The van der Waals surface area contributed by atoms with Gasteiger partial charge in [-0.1, -0.05) is 38.8 Å². The third-order valence-corrected chi connectivity index (χ3v) is 4.32. The third kappa shape index (κ3) is 3.05. The molecule has 0 radical (unpaired) electrons. The Morgan fingerprint density at radius 3 is 2.25 bits per heavy atom. The lowest BCUT2D eigenvalue weighted by atomic mass is 9.66. The Morgan fingerprint density at radius 2 is 1.75 bits per heavy atom. The molecule has 0 aromatic heterocycles. The van der Waals surface area contributed by atoms with Gasteiger partial charge in [-0.05, 0) is 30.4 Å². The zero-order valence-electron chi connectivity index (χ0n) is 11.8. The Kier molecular flexibility index (Phi) is 3.94. The standard InChI is InChI=1S/C16H19F3O/c1-15(2)10-4-3-5-13(15)14(20)11-6-8-12(9-7-11)16(17,18)19/h6-9,13H,3-5,10H2,1-2H3. The molecule has 1 aromatic carbocycles. The van der Waals surface area contributed by atoms with Crippen molar-refractivity contribution in [2.24, 2.45) is 11.3 Å². The molecule has 20 heavy (non-hydrogen) atoms. The molecule has 0 N–H and O–H groups in total. The number of hydrogen-bond acceptors (Lipinski definition) is 1. The number of alkyl halides is 3. The maximum atomic E-state index is 12.5. The molecule has 1 aliphatic rings. The second-order valence-corrected chi connectivity index (χ2v) is 6.23. The van der Waals surface area contributed by atoms with Gasteiger partial charge in [0.25, 0.3) is 0 Å².